The highest BCUT2D eigenvalue weighted by Crippen LogP contribution is 2.69. The van der Waals surface area contributed by atoms with Crippen LogP contribution in [0.15, 0.2) is 23.8 Å². The van der Waals surface area contributed by atoms with Gasteiger partial charge in [-0.1, -0.05) is 31.4 Å². The fourth-order valence-corrected chi connectivity index (χ4v) is 8.57. The molecule has 3 saturated carbocycles. The first-order valence-corrected chi connectivity index (χ1v) is 17.3. The van der Waals surface area contributed by atoms with Gasteiger partial charge in [0.05, 0.1) is 52.4 Å². The molecule has 256 valence electrons. The second-order valence-electron chi connectivity index (χ2n) is 13.5. The van der Waals surface area contributed by atoms with Gasteiger partial charge in [-0.05, 0) is 69.9 Å². The summed E-state index contributed by atoms with van der Waals surface area (Å²) in [5.41, 5.74) is -5.09. The quantitative estimate of drug-likeness (QED) is 0.140. The lowest BCUT2D eigenvalue weighted by molar-refractivity contribution is -0.217. The SMILES string of the molecule is C[C@]12C=CC(=O)C=C1CCC1C3CC[C@](O)(C(=O)NCCOCCOCCOCCOCCCCCCCl)[C@@]3(C)C[C@H](O)[C@@]12F. The maximum absolute atomic E-state index is 17.2. The Morgan fingerprint density at radius 2 is 1.58 bits per heavy atom. The molecule has 0 aromatic rings. The summed E-state index contributed by atoms with van der Waals surface area (Å²) in [4.78, 5) is 25.4. The average molecular weight is 658 g/mol. The van der Waals surface area contributed by atoms with Gasteiger partial charge in [0.1, 0.15) is 5.60 Å². The number of alkyl halides is 2. The summed E-state index contributed by atoms with van der Waals surface area (Å²) in [6, 6.07) is 0. The van der Waals surface area contributed by atoms with Gasteiger partial charge in [-0.3, -0.25) is 9.59 Å². The number of aliphatic hydroxyl groups excluding tert-OH is 1. The lowest BCUT2D eigenvalue weighted by Gasteiger charge is -2.62. The standard InChI is InChI=1S/C34H53ClFNO8/c1-31-11-9-26(38)23-25(31)7-8-28-27-10-12-33(41,32(27,2)24-29(39)34(28,31)36)30(40)37-14-16-43-18-20-45-22-21-44-19-17-42-15-6-4-3-5-13-35/h9,11,23,27-29,39,41H,3-8,10,12-22,24H2,1-2H3,(H,37,40)/t27?,28?,29-,31-,32-,33-,34-/m0/s1. The van der Waals surface area contributed by atoms with E-state index in [1.807, 2.05) is 6.92 Å². The number of halogens is 2. The van der Waals surface area contributed by atoms with Gasteiger partial charge in [0.25, 0.3) is 5.91 Å². The first kappa shape index (κ1) is 36.4. The van der Waals surface area contributed by atoms with E-state index in [9.17, 15) is 19.8 Å². The second kappa shape index (κ2) is 16.1. The highest BCUT2D eigenvalue weighted by molar-refractivity contribution is 6.17. The minimum atomic E-state index is -1.99. The first-order chi connectivity index (χ1) is 21.5. The highest BCUT2D eigenvalue weighted by Gasteiger charge is 2.74. The third-order valence-corrected chi connectivity index (χ3v) is 11.3. The molecule has 0 bridgehead atoms. The largest absolute Gasteiger partial charge is 0.390 e. The fraction of sp³-hybridized carbons (Fsp3) is 0.824. The van der Waals surface area contributed by atoms with Crippen molar-refractivity contribution in [3.8, 4) is 0 Å². The Morgan fingerprint density at radius 1 is 0.956 bits per heavy atom. The predicted octanol–water partition coefficient (Wildman–Crippen LogP) is 4.07. The Labute approximate surface area is 272 Å². The molecule has 0 saturated heterocycles. The van der Waals surface area contributed by atoms with Crippen LogP contribution in [0.25, 0.3) is 0 Å². The number of rotatable bonds is 19. The van der Waals surface area contributed by atoms with Crippen molar-refractivity contribution in [3.63, 3.8) is 0 Å². The number of hydrogen-bond acceptors (Lipinski definition) is 8. The van der Waals surface area contributed by atoms with Gasteiger partial charge in [-0.2, -0.15) is 0 Å². The van der Waals surface area contributed by atoms with Gasteiger partial charge in [0.15, 0.2) is 11.5 Å². The van der Waals surface area contributed by atoms with Crippen LogP contribution in [0.3, 0.4) is 0 Å². The van der Waals surface area contributed by atoms with E-state index in [4.69, 9.17) is 30.5 Å². The number of unbranched alkanes of at least 4 members (excludes halogenated alkanes) is 3. The number of hydrogen-bond donors (Lipinski definition) is 3. The Hall–Kier alpha value is -1.40. The van der Waals surface area contributed by atoms with Gasteiger partial charge in [-0.15, -0.1) is 11.6 Å². The number of carbonyl (C=O) groups is 2. The molecular formula is C34H53ClFNO8. The molecule has 3 fully saturated rings. The molecule has 0 aliphatic heterocycles. The molecule has 9 nitrogen and oxygen atoms in total. The average Bonchev–Trinajstić information content (AvgIpc) is 3.28. The molecule has 11 heteroatoms. The summed E-state index contributed by atoms with van der Waals surface area (Å²) < 4.78 is 39.3. The summed E-state index contributed by atoms with van der Waals surface area (Å²) in [7, 11) is 0. The molecule has 4 aliphatic rings. The van der Waals surface area contributed by atoms with Crippen molar-refractivity contribution < 1.29 is 43.1 Å². The van der Waals surface area contributed by atoms with Gasteiger partial charge in [0, 0.05) is 35.8 Å². The van der Waals surface area contributed by atoms with E-state index in [-0.39, 0.29) is 37.7 Å². The van der Waals surface area contributed by atoms with Gasteiger partial charge < -0.3 is 34.5 Å². The van der Waals surface area contributed by atoms with Crippen LogP contribution < -0.4 is 5.32 Å². The van der Waals surface area contributed by atoms with Crippen molar-refractivity contribution in [2.24, 2.45) is 22.7 Å². The minimum absolute atomic E-state index is 0.0424. The molecule has 0 spiro atoms. The molecule has 4 rings (SSSR count). The minimum Gasteiger partial charge on any atom is -0.390 e. The number of allylic oxidation sites excluding steroid dienone is 4. The summed E-state index contributed by atoms with van der Waals surface area (Å²) >= 11 is 5.66. The predicted molar refractivity (Wildman–Crippen MR) is 169 cm³/mol. The molecule has 0 aromatic heterocycles. The van der Waals surface area contributed by atoms with Crippen LogP contribution in [-0.2, 0) is 28.5 Å². The lowest BCUT2D eigenvalue weighted by atomic mass is 9.45. The number of fused-ring (bicyclic) bond motifs is 5. The molecule has 3 N–H and O–H groups in total. The molecule has 7 atom stereocenters. The van der Waals surface area contributed by atoms with Crippen LogP contribution in [-0.4, -0.2) is 105 Å². The third-order valence-electron chi connectivity index (χ3n) is 11.0. The van der Waals surface area contributed by atoms with Crippen LogP contribution in [0.4, 0.5) is 4.39 Å². The van der Waals surface area contributed by atoms with Crippen molar-refractivity contribution in [1.82, 2.24) is 5.32 Å². The van der Waals surface area contributed by atoms with Crippen molar-refractivity contribution in [1.29, 1.82) is 0 Å². The molecule has 1 amide bonds. The lowest BCUT2D eigenvalue weighted by Crippen LogP contribution is -2.69. The van der Waals surface area contributed by atoms with E-state index in [0.717, 1.165) is 38.2 Å². The fourth-order valence-electron chi connectivity index (χ4n) is 8.39. The third kappa shape index (κ3) is 7.53. The molecule has 4 aliphatic carbocycles. The van der Waals surface area contributed by atoms with Crippen LogP contribution in [0, 0.1) is 22.7 Å². The van der Waals surface area contributed by atoms with Gasteiger partial charge in [0.2, 0.25) is 0 Å². The Balaban J connectivity index is 1.12. The molecule has 0 radical (unpaired) electrons. The van der Waals surface area contributed by atoms with Crippen molar-refractivity contribution in [3.05, 3.63) is 23.8 Å². The number of carbonyl (C=O) groups excluding carboxylic acids is 2. The van der Waals surface area contributed by atoms with E-state index in [0.29, 0.717) is 64.5 Å². The van der Waals surface area contributed by atoms with E-state index >= 15 is 4.39 Å². The Kier molecular flexibility index (Phi) is 13.1. The zero-order valence-electron chi connectivity index (χ0n) is 27.0. The van der Waals surface area contributed by atoms with E-state index in [1.165, 1.54) is 12.2 Å². The number of amides is 1. The van der Waals surface area contributed by atoms with Gasteiger partial charge in [-0.25, -0.2) is 4.39 Å². The summed E-state index contributed by atoms with van der Waals surface area (Å²) in [6.45, 7) is 7.54. The van der Waals surface area contributed by atoms with Crippen LogP contribution in [0.1, 0.15) is 71.6 Å². The number of ketones is 1. The number of aliphatic hydroxyl groups is 2. The Bertz CT molecular complexity index is 1070. The topological polar surface area (TPSA) is 124 Å². The van der Waals surface area contributed by atoms with Crippen molar-refractivity contribution in [2.45, 2.75) is 89.0 Å². The van der Waals surface area contributed by atoms with E-state index in [1.54, 1.807) is 13.0 Å². The summed E-state index contributed by atoms with van der Waals surface area (Å²) in [5.74, 6) is -0.784. The molecule has 0 aromatic carbocycles. The number of nitrogens with one attached hydrogen (secondary N) is 1. The zero-order valence-corrected chi connectivity index (χ0v) is 27.8. The molecule has 0 heterocycles. The maximum Gasteiger partial charge on any atom is 0.252 e. The van der Waals surface area contributed by atoms with Crippen LogP contribution >= 0.6 is 11.6 Å². The number of ether oxygens (including phenoxy) is 4. The molecule has 2 unspecified atom stereocenters. The first-order valence-electron chi connectivity index (χ1n) is 16.7. The summed E-state index contributed by atoms with van der Waals surface area (Å²) in [6.07, 6.45) is 9.13. The van der Waals surface area contributed by atoms with E-state index in [2.05, 4.69) is 5.32 Å². The zero-order chi connectivity index (χ0) is 32.6. The highest BCUT2D eigenvalue weighted by atomic mass is 35.5. The van der Waals surface area contributed by atoms with Gasteiger partial charge >= 0.3 is 0 Å². The maximum atomic E-state index is 17.2. The molecular weight excluding hydrogens is 605 g/mol. The van der Waals surface area contributed by atoms with Crippen molar-refractivity contribution >= 4 is 23.3 Å². The monoisotopic (exact) mass is 657 g/mol. The normalized spacial score (nSPS) is 35.5. The smallest absolute Gasteiger partial charge is 0.252 e. The second-order valence-corrected chi connectivity index (χ2v) is 13.9. The van der Waals surface area contributed by atoms with Crippen LogP contribution in [0.2, 0.25) is 0 Å². The summed E-state index contributed by atoms with van der Waals surface area (Å²) in [5, 5.41) is 26.0. The Morgan fingerprint density at radius 3 is 2.24 bits per heavy atom. The van der Waals surface area contributed by atoms with Crippen LogP contribution in [0.5, 0.6) is 0 Å². The van der Waals surface area contributed by atoms with Crippen molar-refractivity contribution in [2.75, 3.05) is 65.3 Å². The molecule has 45 heavy (non-hydrogen) atoms. The van der Waals surface area contributed by atoms with E-state index < -0.39 is 40.0 Å².